The molecule has 0 spiro atoms. The molecule has 2 fully saturated rings. The molecule has 0 aliphatic heterocycles. The van der Waals surface area contributed by atoms with Crippen LogP contribution in [0.3, 0.4) is 0 Å². The zero-order chi connectivity index (χ0) is 14.9. The van der Waals surface area contributed by atoms with Crippen molar-refractivity contribution >= 4 is 0 Å². The summed E-state index contributed by atoms with van der Waals surface area (Å²) in [5, 5.41) is 3.75. The zero-order valence-electron chi connectivity index (χ0n) is 13.4. The predicted molar refractivity (Wildman–Crippen MR) is 85.1 cm³/mol. The number of nitrogens with one attached hydrogen (secondary N) is 1. The van der Waals surface area contributed by atoms with Gasteiger partial charge in [-0.05, 0) is 68.1 Å². The zero-order valence-corrected chi connectivity index (χ0v) is 13.4. The van der Waals surface area contributed by atoms with Crippen LogP contribution in [0.2, 0.25) is 0 Å². The Kier molecular flexibility index (Phi) is 4.12. The number of ether oxygens (including phenoxy) is 2. The second-order valence-electron chi connectivity index (χ2n) is 6.81. The van der Waals surface area contributed by atoms with Gasteiger partial charge in [-0.3, -0.25) is 0 Å². The Balaban J connectivity index is 1.53. The fourth-order valence-electron chi connectivity index (χ4n) is 3.40. The highest BCUT2D eigenvalue weighted by atomic mass is 16.5. The normalized spacial score (nSPS) is 20.9. The molecule has 2 aliphatic carbocycles. The summed E-state index contributed by atoms with van der Waals surface area (Å²) in [6.45, 7) is 3.48. The summed E-state index contributed by atoms with van der Waals surface area (Å²) in [4.78, 5) is 0. The van der Waals surface area contributed by atoms with E-state index in [2.05, 4.69) is 24.4 Å². The fraction of sp³-hybridized carbons (Fsp3) is 0.667. The second kappa shape index (κ2) is 5.88. The van der Waals surface area contributed by atoms with E-state index in [1.54, 1.807) is 14.2 Å². The Bertz CT molecular complexity index is 492. The summed E-state index contributed by atoms with van der Waals surface area (Å²) in [6.07, 6.45) is 6.83. The molecule has 21 heavy (non-hydrogen) atoms. The number of hydrogen-bond acceptors (Lipinski definition) is 3. The van der Waals surface area contributed by atoms with Crippen LogP contribution in [0.4, 0.5) is 0 Å². The quantitative estimate of drug-likeness (QED) is 0.795. The highest BCUT2D eigenvalue weighted by Crippen LogP contribution is 2.60. The molecule has 1 aromatic carbocycles. The molecule has 1 N–H and O–H groups in total. The third-order valence-electron chi connectivity index (χ3n) is 5.13. The van der Waals surface area contributed by atoms with Crippen molar-refractivity contribution < 1.29 is 9.47 Å². The van der Waals surface area contributed by atoms with E-state index in [1.807, 2.05) is 6.07 Å². The molecule has 0 heterocycles. The van der Waals surface area contributed by atoms with Gasteiger partial charge in [-0.2, -0.15) is 0 Å². The lowest BCUT2D eigenvalue weighted by molar-refractivity contribution is 0.353. The number of rotatable bonds is 8. The van der Waals surface area contributed by atoms with Crippen molar-refractivity contribution in [3.05, 3.63) is 23.8 Å². The Hall–Kier alpha value is -1.22. The molecule has 3 heteroatoms. The van der Waals surface area contributed by atoms with E-state index in [9.17, 15) is 0 Å². The van der Waals surface area contributed by atoms with Gasteiger partial charge in [-0.1, -0.05) is 6.07 Å². The van der Waals surface area contributed by atoms with Crippen LogP contribution in [-0.4, -0.2) is 26.8 Å². The first-order chi connectivity index (χ1) is 10.2. The largest absolute Gasteiger partial charge is 0.493 e. The van der Waals surface area contributed by atoms with E-state index in [0.717, 1.165) is 23.8 Å². The highest BCUT2D eigenvalue weighted by Gasteiger charge is 2.53. The molecule has 116 valence electrons. The van der Waals surface area contributed by atoms with Gasteiger partial charge >= 0.3 is 0 Å². The molecule has 1 unspecified atom stereocenters. The van der Waals surface area contributed by atoms with Crippen LogP contribution in [0, 0.1) is 11.3 Å². The van der Waals surface area contributed by atoms with Crippen LogP contribution in [0.15, 0.2) is 18.2 Å². The maximum absolute atomic E-state index is 5.38. The van der Waals surface area contributed by atoms with Gasteiger partial charge in [0.2, 0.25) is 0 Å². The Morgan fingerprint density at radius 3 is 2.48 bits per heavy atom. The minimum atomic E-state index is 0.499. The first kappa shape index (κ1) is 14.7. The van der Waals surface area contributed by atoms with Crippen LogP contribution < -0.4 is 14.8 Å². The fourth-order valence-corrected chi connectivity index (χ4v) is 3.40. The first-order valence-electron chi connectivity index (χ1n) is 8.11. The van der Waals surface area contributed by atoms with Crippen molar-refractivity contribution in [1.29, 1.82) is 0 Å². The first-order valence-corrected chi connectivity index (χ1v) is 8.11. The number of methoxy groups -OCH3 is 2. The van der Waals surface area contributed by atoms with Crippen LogP contribution in [0.5, 0.6) is 11.5 Å². The third kappa shape index (κ3) is 3.34. The minimum absolute atomic E-state index is 0.499. The Morgan fingerprint density at radius 2 is 1.90 bits per heavy atom. The van der Waals surface area contributed by atoms with Crippen LogP contribution in [0.25, 0.3) is 0 Å². The lowest BCUT2D eigenvalue weighted by atomic mass is 9.99. The number of benzene rings is 1. The van der Waals surface area contributed by atoms with Crippen LogP contribution >= 0.6 is 0 Å². The summed E-state index contributed by atoms with van der Waals surface area (Å²) < 4.78 is 10.7. The van der Waals surface area contributed by atoms with E-state index >= 15 is 0 Å². The van der Waals surface area contributed by atoms with Crippen molar-refractivity contribution in [1.82, 2.24) is 5.32 Å². The predicted octanol–water partition coefficient (Wildman–Crippen LogP) is 3.41. The van der Waals surface area contributed by atoms with Crippen molar-refractivity contribution in [3.8, 4) is 11.5 Å². The van der Waals surface area contributed by atoms with Crippen LogP contribution in [-0.2, 0) is 6.42 Å². The smallest absolute Gasteiger partial charge is 0.160 e. The third-order valence-corrected chi connectivity index (χ3v) is 5.13. The summed E-state index contributed by atoms with van der Waals surface area (Å²) >= 11 is 0. The molecule has 0 saturated heterocycles. The van der Waals surface area contributed by atoms with Gasteiger partial charge in [-0.25, -0.2) is 0 Å². The average Bonchev–Trinajstić information content (AvgIpc) is 3.38. The minimum Gasteiger partial charge on any atom is -0.493 e. The molecular weight excluding hydrogens is 262 g/mol. The topological polar surface area (TPSA) is 30.5 Å². The molecule has 1 atom stereocenters. The van der Waals surface area contributed by atoms with E-state index < -0.39 is 0 Å². The second-order valence-corrected chi connectivity index (χ2v) is 6.81. The van der Waals surface area contributed by atoms with Gasteiger partial charge in [-0.15, -0.1) is 0 Å². The van der Waals surface area contributed by atoms with Crippen LogP contribution in [0.1, 0.15) is 38.2 Å². The molecule has 2 saturated carbocycles. The molecule has 3 nitrogen and oxygen atoms in total. The average molecular weight is 289 g/mol. The summed E-state index contributed by atoms with van der Waals surface area (Å²) in [5.74, 6) is 2.64. The summed E-state index contributed by atoms with van der Waals surface area (Å²) in [7, 11) is 3.37. The maximum atomic E-state index is 5.38. The van der Waals surface area contributed by atoms with Crippen molar-refractivity contribution in [3.63, 3.8) is 0 Å². The molecule has 2 aliphatic rings. The molecule has 1 aromatic rings. The van der Waals surface area contributed by atoms with Gasteiger partial charge < -0.3 is 14.8 Å². The maximum Gasteiger partial charge on any atom is 0.160 e. The van der Waals surface area contributed by atoms with Gasteiger partial charge in [0.15, 0.2) is 11.5 Å². The van der Waals surface area contributed by atoms with E-state index in [-0.39, 0.29) is 0 Å². The molecular formula is C18H27NO2. The SMILES string of the molecule is COc1ccc(CC(C)NCC2(C3CC3)CC2)cc1OC. The Morgan fingerprint density at radius 1 is 1.19 bits per heavy atom. The van der Waals surface area contributed by atoms with E-state index in [4.69, 9.17) is 9.47 Å². The molecule has 0 amide bonds. The monoisotopic (exact) mass is 289 g/mol. The van der Waals surface area contributed by atoms with E-state index in [1.165, 1.54) is 37.8 Å². The van der Waals surface area contributed by atoms with Gasteiger partial charge in [0, 0.05) is 12.6 Å². The molecule has 0 aromatic heterocycles. The van der Waals surface area contributed by atoms with Gasteiger partial charge in [0.25, 0.3) is 0 Å². The lowest BCUT2D eigenvalue weighted by Gasteiger charge is -2.20. The summed E-state index contributed by atoms with van der Waals surface area (Å²) in [6, 6.07) is 6.71. The van der Waals surface area contributed by atoms with E-state index in [0.29, 0.717) is 11.5 Å². The Labute approximate surface area is 128 Å². The number of hydrogen-bond donors (Lipinski definition) is 1. The van der Waals surface area contributed by atoms with Gasteiger partial charge in [0.05, 0.1) is 14.2 Å². The van der Waals surface area contributed by atoms with Crippen molar-refractivity contribution in [2.45, 2.75) is 45.1 Å². The molecule has 3 rings (SSSR count). The molecule has 0 radical (unpaired) electrons. The van der Waals surface area contributed by atoms with Gasteiger partial charge in [0.1, 0.15) is 0 Å². The standard InChI is InChI=1S/C18H27NO2/c1-13(19-12-18(8-9-18)15-5-6-15)10-14-4-7-16(20-2)17(11-14)21-3/h4,7,11,13,15,19H,5-6,8-10,12H2,1-3H3. The van der Waals surface area contributed by atoms with Crippen molar-refractivity contribution in [2.75, 3.05) is 20.8 Å². The summed E-state index contributed by atoms with van der Waals surface area (Å²) in [5.41, 5.74) is 1.97. The lowest BCUT2D eigenvalue weighted by Crippen LogP contribution is -2.34. The van der Waals surface area contributed by atoms with Crippen molar-refractivity contribution in [2.24, 2.45) is 11.3 Å². The highest BCUT2D eigenvalue weighted by molar-refractivity contribution is 5.43. The molecule has 0 bridgehead atoms.